The van der Waals surface area contributed by atoms with E-state index in [1.54, 1.807) is 12.4 Å². The van der Waals surface area contributed by atoms with Crippen molar-refractivity contribution >= 4 is 33.4 Å². The number of aromatic nitrogens is 3. The molecule has 6 nitrogen and oxygen atoms in total. The van der Waals surface area contributed by atoms with Gasteiger partial charge in [0.2, 0.25) is 5.95 Å². The molecule has 1 aliphatic heterocycles. The quantitative estimate of drug-likeness (QED) is 0.761. The van der Waals surface area contributed by atoms with Crippen molar-refractivity contribution in [3.63, 3.8) is 0 Å². The van der Waals surface area contributed by atoms with Crippen LogP contribution in [-0.4, -0.2) is 45.0 Å². The molecular formula is C18H18FN5OS. The largest absolute Gasteiger partial charge is 0.348 e. The molecule has 0 saturated carbocycles. The molecule has 0 spiro atoms. The summed E-state index contributed by atoms with van der Waals surface area (Å²) in [5.74, 6) is 0.142. The second kappa shape index (κ2) is 6.95. The molecule has 1 saturated heterocycles. The van der Waals surface area contributed by atoms with Crippen LogP contribution in [0.25, 0.3) is 10.2 Å². The Kier molecular flexibility index (Phi) is 4.50. The third-order valence-electron chi connectivity index (χ3n) is 4.45. The number of amides is 1. The monoisotopic (exact) mass is 371 g/mol. The maximum absolute atomic E-state index is 13.5. The van der Waals surface area contributed by atoms with E-state index in [9.17, 15) is 9.18 Å². The summed E-state index contributed by atoms with van der Waals surface area (Å²) in [6.45, 7) is 2.53. The molecule has 1 N–H and O–H groups in total. The Morgan fingerprint density at radius 2 is 2.31 bits per heavy atom. The predicted octanol–water partition coefficient (Wildman–Crippen LogP) is 3.44. The zero-order valence-corrected chi connectivity index (χ0v) is 15.0. The fourth-order valence-electron chi connectivity index (χ4n) is 3.03. The lowest BCUT2D eigenvalue weighted by molar-refractivity contribution is 0.0779. The molecule has 0 bridgehead atoms. The maximum Gasteiger partial charge on any atom is 0.274 e. The minimum absolute atomic E-state index is 0.0650. The number of hydrogen-bond donors (Lipinski definition) is 1. The number of rotatable bonds is 4. The first-order valence-electron chi connectivity index (χ1n) is 8.47. The summed E-state index contributed by atoms with van der Waals surface area (Å²) in [6.07, 6.45) is 2.92. The van der Waals surface area contributed by atoms with Gasteiger partial charge in [0.15, 0.2) is 5.69 Å². The van der Waals surface area contributed by atoms with Gasteiger partial charge in [-0.15, -0.1) is 11.3 Å². The van der Waals surface area contributed by atoms with Gasteiger partial charge < -0.3 is 10.2 Å². The summed E-state index contributed by atoms with van der Waals surface area (Å²) < 4.78 is 14.2. The number of alkyl halides is 1. The van der Waals surface area contributed by atoms with E-state index < -0.39 is 6.17 Å². The smallest absolute Gasteiger partial charge is 0.274 e. The predicted molar refractivity (Wildman–Crippen MR) is 99.1 cm³/mol. The number of carbonyl (C=O) groups excluding carboxylic acids is 1. The zero-order chi connectivity index (χ0) is 18.1. The summed E-state index contributed by atoms with van der Waals surface area (Å²) >= 11 is 1.42. The van der Waals surface area contributed by atoms with Crippen molar-refractivity contribution in [1.29, 1.82) is 0 Å². The Hall–Kier alpha value is -2.61. The van der Waals surface area contributed by atoms with Crippen molar-refractivity contribution in [1.82, 2.24) is 19.9 Å². The third kappa shape index (κ3) is 3.24. The Morgan fingerprint density at radius 3 is 3.04 bits per heavy atom. The van der Waals surface area contributed by atoms with Crippen molar-refractivity contribution in [3.8, 4) is 0 Å². The van der Waals surface area contributed by atoms with Crippen LogP contribution in [0.3, 0.4) is 0 Å². The number of halogens is 1. The van der Waals surface area contributed by atoms with Gasteiger partial charge in [0.1, 0.15) is 6.17 Å². The minimum Gasteiger partial charge on any atom is -0.348 e. The standard InChI is InChI=1S/C18H18FN5OS/c1-11(12-3-2-6-20-9-12)21-18-22-14-5-8-26-16(14)15(23-18)17(25)24-7-4-13(19)10-24/h2-3,5-6,8-9,11,13H,4,7,10H2,1H3,(H,21,22,23). The molecule has 2 atom stereocenters. The van der Waals surface area contributed by atoms with Crippen molar-refractivity contribution < 1.29 is 9.18 Å². The van der Waals surface area contributed by atoms with Gasteiger partial charge in [0, 0.05) is 18.9 Å². The molecule has 1 amide bonds. The van der Waals surface area contributed by atoms with Crippen LogP contribution in [0.4, 0.5) is 10.3 Å². The molecule has 0 aromatic carbocycles. The highest BCUT2D eigenvalue weighted by Crippen LogP contribution is 2.27. The molecule has 0 radical (unpaired) electrons. The average Bonchev–Trinajstić information content (AvgIpc) is 3.30. The molecule has 26 heavy (non-hydrogen) atoms. The van der Waals surface area contributed by atoms with E-state index in [1.165, 1.54) is 16.2 Å². The highest BCUT2D eigenvalue weighted by atomic mass is 32.1. The van der Waals surface area contributed by atoms with Gasteiger partial charge in [0.25, 0.3) is 5.91 Å². The van der Waals surface area contributed by atoms with E-state index in [-0.39, 0.29) is 18.5 Å². The first-order valence-corrected chi connectivity index (χ1v) is 9.35. The molecule has 4 heterocycles. The van der Waals surface area contributed by atoms with Crippen LogP contribution in [0, 0.1) is 0 Å². The van der Waals surface area contributed by atoms with E-state index in [2.05, 4.69) is 20.3 Å². The molecule has 1 fully saturated rings. The first kappa shape index (κ1) is 16.8. The second-order valence-electron chi connectivity index (χ2n) is 6.32. The molecule has 8 heteroatoms. The number of fused-ring (bicyclic) bond motifs is 1. The molecule has 0 aliphatic carbocycles. The fourth-order valence-corrected chi connectivity index (χ4v) is 3.85. The van der Waals surface area contributed by atoms with Crippen LogP contribution in [0.5, 0.6) is 0 Å². The summed E-state index contributed by atoms with van der Waals surface area (Å²) in [5, 5.41) is 5.11. The van der Waals surface area contributed by atoms with Crippen LogP contribution in [0.15, 0.2) is 36.0 Å². The van der Waals surface area contributed by atoms with Gasteiger partial charge in [0.05, 0.1) is 22.8 Å². The molecule has 3 aromatic heterocycles. The SMILES string of the molecule is CC(Nc1nc(C(=O)N2CCC(F)C2)c2sccc2n1)c1cccnc1. The summed E-state index contributed by atoms with van der Waals surface area (Å²) in [5.41, 5.74) is 2.04. The van der Waals surface area contributed by atoms with Gasteiger partial charge >= 0.3 is 0 Å². The highest BCUT2D eigenvalue weighted by Gasteiger charge is 2.29. The van der Waals surface area contributed by atoms with Gasteiger partial charge in [-0.25, -0.2) is 14.4 Å². The Bertz CT molecular complexity index is 932. The lowest BCUT2D eigenvalue weighted by Gasteiger charge is -2.17. The van der Waals surface area contributed by atoms with E-state index in [4.69, 9.17) is 0 Å². The van der Waals surface area contributed by atoms with Crippen LogP contribution in [-0.2, 0) is 0 Å². The van der Waals surface area contributed by atoms with Gasteiger partial charge in [-0.3, -0.25) is 9.78 Å². The lowest BCUT2D eigenvalue weighted by atomic mass is 10.1. The van der Waals surface area contributed by atoms with Crippen molar-refractivity contribution in [2.75, 3.05) is 18.4 Å². The summed E-state index contributed by atoms with van der Waals surface area (Å²) in [4.78, 5) is 27.5. The fraction of sp³-hybridized carbons (Fsp3) is 0.333. The molecule has 1 aliphatic rings. The molecule has 2 unspecified atom stereocenters. The Morgan fingerprint density at radius 1 is 1.42 bits per heavy atom. The summed E-state index contributed by atoms with van der Waals surface area (Å²) in [6, 6.07) is 5.63. The normalized spacial score (nSPS) is 18.2. The van der Waals surface area contributed by atoms with E-state index in [0.717, 1.165) is 10.3 Å². The molecule has 3 aromatic rings. The van der Waals surface area contributed by atoms with Crippen molar-refractivity contribution in [3.05, 3.63) is 47.2 Å². The lowest BCUT2D eigenvalue weighted by Crippen LogP contribution is -2.30. The van der Waals surface area contributed by atoms with E-state index in [0.29, 0.717) is 30.1 Å². The number of nitrogens with zero attached hydrogens (tertiary/aromatic N) is 4. The van der Waals surface area contributed by atoms with E-state index >= 15 is 0 Å². The van der Waals surface area contributed by atoms with Crippen molar-refractivity contribution in [2.45, 2.75) is 25.6 Å². The average molecular weight is 371 g/mol. The zero-order valence-electron chi connectivity index (χ0n) is 14.2. The molecule has 134 valence electrons. The van der Waals surface area contributed by atoms with Gasteiger partial charge in [-0.2, -0.15) is 0 Å². The van der Waals surface area contributed by atoms with Crippen molar-refractivity contribution in [2.24, 2.45) is 0 Å². The van der Waals surface area contributed by atoms with Crippen LogP contribution >= 0.6 is 11.3 Å². The van der Waals surface area contributed by atoms with E-state index in [1.807, 2.05) is 30.5 Å². The number of anilines is 1. The molecule has 4 rings (SSSR count). The van der Waals surface area contributed by atoms with Crippen LogP contribution in [0.1, 0.15) is 35.4 Å². The topological polar surface area (TPSA) is 71.0 Å². The number of hydrogen-bond acceptors (Lipinski definition) is 6. The first-order chi connectivity index (χ1) is 12.6. The highest BCUT2D eigenvalue weighted by molar-refractivity contribution is 7.17. The number of nitrogens with one attached hydrogen (secondary N) is 1. The van der Waals surface area contributed by atoms with Gasteiger partial charge in [-0.1, -0.05) is 6.07 Å². The third-order valence-corrected chi connectivity index (χ3v) is 5.36. The van der Waals surface area contributed by atoms with Crippen LogP contribution in [0.2, 0.25) is 0 Å². The van der Waals surface area contributed by atoms with Crippen LogP contribution < -0.4 is 5.32 Å². The Balaban J connectivity index is 1.65. The number of likely N-dealkylation sites (tertiary alicyclic amines) is 1. The number of thiophene rings is 1. The minimum atomic E-state index is -0.956. The maximum atomic E-state index is 13.5. The summed E-state index contributed by atoms with van der Waals surface area (Å²) in [7, 11) is 0. The number of pyridine rings is 1. The molecular weight excluding hydrogens is 353 g/mol. The number of carbonyl (C=O) groups is 1. The second-order valence-corrected chi connectivity index (χ2v) is 7.24. The van der Waals surface area contributed by atoms with Gasteiger partial charge in [-0.05, 0) is 36.4 Å². The Labute approximate surface area is 154 Å².